The molecule has 2 rings (SSSR count). The first-order valence-corrected chi connectivity index (χ1v) is 7.06. The molecule has 21 heavy (non-hydrogen) atoms. The quantitative estimate of drug-likeness (QED) is 0.861. The molecule has 0 bridgehead atoms. The van der Waals surface area contributed by atoms with Gasteiger partial charge in [-0.3, -0.25) is 4.90 Å². The standard InChI is InChI=1S/C15H20F4N2/c1-20-9-11-4-3-7-21(2)14(11)10-5-6-13(16)12(8-10)15(17,18)19/h5-6,8,11,14,20H,3-4,7,9H2,1-2H3. The van der Waals surface area contributed by atoms with E-state index >= 15 is 0 Å². The van der Waals surface area contributed by atoms with Crippen LogP contribution in [0.15, 0.2) is 18.2 Å². The van der Waals surface area contributed by atoms with Gasteiger partial charge in [0.25, 0.3) is 0 Å². The summed E-state index contributed by atoms with van der Waals surface area (Å²) in [4.78, 5) is 2.05. The van der Waals surface area contributed by atoms with Crippen molar-refractivity contribution in [3.8, 4) is 0 Å². The van der Waals surface area contributed by atoms with Crippen LogP contribution in [-0.4, -0.2) is 32.1 Å². The lowest BCUT2D eigenvalue weighted by Crippen LogP contribution is -2.40. The number of rotatable bonds is 3. The maximum Gasteiger partial charge on any atom is 0.419 e. The monoisotopic (exact) mass is 304 g/mol. The fraction of sp³-hybridized carbons (Fsp3) is 0.600. The Morgan fingerprint density at radius 1 is 1.33 bits per heavy atom. The van der Waals surface area contributed by atoms with E-state index < -0.39 is 17.6 Å². The van der Waals surface area contributed by atoms with Crippen molar-refractivity contribution in [1.29, 1.82) is 0 Å². The SMILES string of the molecule is CNCC1CCCN(C)C1c1ccc(F)c(C(F)(F)F)c1. The lowest BCUT2D eigenvalue weighted by atomic mass is 9.84. The number of piperidine rings is 1. The minimum Gasteiger partial charge on any atom is -0.319 e. The van der Waals surface area contributed by atoms with E-state index in [0.717, 1.165) is 38.1 Å². The minimum atomic E-state index is -4.66. The Morgan fingerprint density at radius 2 is 2.05 bits per heavy atom. The zero-order valence-electron chi connectivity index (χ0n) is 12.2. The summed E-state index contributed by atoms with van der Waals surface area (Å²) >= 11 is 0. The molecule has 0 aliphatic carbocycles. The summed E-state index contributed by atoms with van der Waals surface area (Å²) in [7, 11) is 3.74. The van der Waals surface area contributed by atoms with Crippen LogP contribution in [0.1, 0.15) is 30.0 Å². The minimum absolute atomic E-state index is 0.118. The highest BCUT2D eigenvalue weighted by molar-refractivity contribution is 5.30. The number of nitrogens with one attached hydrogen (secondary N) is 1. The van der Waals surface area contributed by atoms with Crippen LogP contribution < -0.4 is 5.32 Å². The molecule has 0 amide bonds. The second-order valence-electron chi connectivity index (χ2n) is 5.62. The molecule has 1 aromatic rings. The smallest absolute Gasteiger partial charge is 0.319 e. The third-order valence-electron chi connectivity index (χ3n) is 4.11. The van der Waals surface area contributed by atoms with E-state index in [1.165, 1.54) is 6.07 Å². The second-order valence-corrected chi connectivity index (χ2v) is 5.62. The predicted octanol–water partition coefficient (Wildman–Crippen LogP) is 3.45. The van der Waals surface area contributed by atoms with E-state index in [4.69, 9.17) is 0 Å². The lowest BCUT2D eigenvalue weighted by Gasteiger charge is -2.39. The van der Waals surface area contributed by atoms with Crippen molar-refractivity contribution >= 4 is 0 Å². The first-order chi connectivity index (χ1) is 9.84. The van der Waals surface area contributed by atoms with E-state index in [-0.39, 0.29) is 12.0 Å². The molecular formula is C15H20F4N2. The molecule has 2 unspecified atom stereocenters. The Labute approximate surface area is 122 Å². The van der Waals surface area contributed by atoms with Gasteiger partial charge in [-0.05, 0) is 63.6 Å². The molecular weight excluding hydrogens is 284 g/mol. The van der Waals surface area contributed by atoms with Gasteiger partial charge in [-0.2, -0.15) is 13.2 Å². The molecule has 2 nitrogen and oxygen atoms in total. The third-order valence-corrected chi connectivity index (χ3v) is 4.11. The zero-order valence-corrected chi connectivity index (χ0v) is 12.2. The Balaban J connectivity index is 2.38. The van der Waals surface area contributed by atoms with Crippen molar-refractivity contribution in [2.45, 2.75) is 25.1 Å². The third kappa shape index (κ3) is 3.55. The number of nitrogens with zero attached hydrogens (tertiary/aromatic N) is 1. The maximum absolute atomic E-state index is 13.4. The molecule has 0 aromatic heterocycles. The summed E-state index contributed by atoms with van der Waals surface area (Å²) in [5, 5.41) is 3.09. The first-order valence-electron chi connectivity index (χ1n) is 7.06. The Bertz CT molecular complexity index is 485. The van der Waals surface area contributed by atoms with Crippen molar-refractivity contribution in [2.75, 3.05) is 27.2 Å². The van der Waals surface area contributed by atoms with Crippen LogP contribution in [0.3, 0.4) is 0 Å². The van der Waals surface area contributed by atoms with Gasteiger partial charge in [0.1, 0.15) is 5.82 Å². The average Bonchev–Trinajstić information content (AvgIpc) is 2.39. The van der Waals surface area contributed by atoms with Gasteiger partial charge in [0, 0.05) is 6.04 Å². The normalized spacial score (nSPS) is 24.3. The highest BCUT2D eigenvalue weighted by Crippen LogP contribution is 2.38. The molecule has 1 fully saturated rings. The number of hydrogen-bond acceptors (Lipinski definition) is 2. The molecule has 1 heterocycles. The highest BCUT2D eigenvalue weighted by atomic mass is 19.4. The second kappa shape index (κ2) is 6.32. The Hall–Kier alpha value is -1.14. The first kappa shape index (κ1) is 16.2. The molecule has 1 aromatic carbocycles. The lowest BCUT2D eigenvalue weighted by molar-refractivity contribution is -0.140. The molecule has 1 aliphatic rings. The number of hydrogen-bond donors (Lipinski definition) is 1. The van der Waals surface area contributed by atoms with Crippen LogP contribution >= 0.6 is 0 Å². The van der Waals surface area contributed by atoms with Gasteiger partial charge in [0.15, 0.2) is 0 Å². The highest BCUT2D eigenvalue weighted by Gasteiger charge is 2.36. The van der Waals surface area contributed by atoms with Crippen molar-refractivity contribution in [2.24, 2.45) is 5.92 Å². The van der Waals surface area contributed by atoms with Gasteiger partial charge in [0.05, 0.1) is 5.56 Å². The molecule has 118 valence electrons. The van der Waals surface area contributed by atoms with Crippen molar-refractivity contribution in [3.05, 3.63) is 35.1 Å². The molecule has 1 saturated heterocycles. The van der Waals surface area contributed by atoms with Gasteiger partial charge in [-0.15, -0.1) is 0 Å². The summed E-state index contributed by atoms with van der Waals surface area (Å²) in [6.45, 7) is 1.57. The largest absolute Gasteiger partial charge is 0.419 e. The number of alkyl halides is 3. The maximum atomic E-state index is 13.4. The number of benzene rings is 1. The Kier molecular flexibility index (Phi) is 4.88. The van der Waals surface area contributed by atoms with Crippen LogP contribution in [0, 0.1) is 11.7 Å². The molecule has 6 heteroatoms. The van der Waals surface area contributed by atoms with E-state index in [1.807, 2.05) is 14.1 Å². The van der Waals surface area contributed by atoms with E-state index in [9.17, 15) is 17.6 Å². The van der Waals surface area contributed by atoms with Crippen LogP contribution in [0.5, 0.6) is 0 Å². The average molecular weight is 304 g/mol. The van der Waals surface area contributed by atoms with Crippen molar-refractivity contribution in [1.82, 2.24) is 10.2 Å². The molecule has 0 spiro atoms. The molecule has 0 radical (unpaired) electrons. The summed E-state index contributed by atoms with van der Waals surface area (Å²) in [5.74, 6) is -0.991. The number of halogens is 4. The Morgan fingerprint density at radius 3 is 2.67 bits per heavy atom. The van der Waals surface area contributed by atoms with E-state index in [2.05, 4.69) is 10.2 Å². The molecule has 1 N–H and O–H groups in total. The fourth-order valence-electron chi connectivity index (χ4n) is 3.21. The molecule has 0 saturated carbocycles. The predicted molar refractivity (Wildman–Crippen MR) is 73.4 cm³/mol. The van der Waals surface area contributed by atoms with Gasteiger partial charge < -0.3 is 5.32 Å². The van der Waals surface area contributed by atoms with Crippen LogP contribution in [0.25, 0.3) is 0 Å². The summed E-state index contributed by atoms with van der Waals surface area (Å²) in [6.07, 6.45) is -2.69. The van der Waals surface area contributed by atoms with Crippen molar-refractivity contribution in [3.63, 3.8) is 0 Å². The van der Waals surface area contributed by atoms with Gasteiger partial charge in [0.2, 0.25) is 0 Å². The van der Waals surface area contributed by atoms with Crippen molar-refractivity contribution < 1.29 is 17.6 Å². The van der Waals surface area contributed by atoms with Gasteiger partial charge in [-0.1, -0.05) is 6.07 Å². The van der Waals surface area contributed by atoms with Gasteiger partial charge in [-0.25, -0.2) is 4.39 Å². The van der Waals surface area contributed by atoms with E-state index in [0.29, 0.717) is 5.56 Å². The van der Waals surface area contributed by atoms with E-state index in [1.54, 1.807) is 0 Å². The molecule has 2 atom stereocenters. The fourth-order valence-corrected chi connectivity index (χ4v) is 3.21. The van der Waals surface area contributed by atoms with Gasteiger partial charge >= 0.3 is 6.18 Å². The molecule has 1 aliphatic heterocycles. The van der Waals surface area contributed by atoms with Crippen LogP contribution in [0.2, 0.25) is 0 Å². The number of likely N-dealkylation sites (tertiary alicyclic amines) is 1. The zero-order chi connectivity index (χ0) is 15.6. The summed E-state index contributed by atoms with van der Waals surface area (Å²) < 4.78 is 52.0. The van der Waals surface area contributed by atoms with Crippen LogP contribution in [-0.2, 0) is 6.18 Å². The summed E-state index contributed by atoms with van der Waals surface area (Å²) in [5.41, 5.74) is -0.645. The topological polar surface area (TPSA) is 15.3 Å². The van der Waals surface area contributed by atoms with Crippen LogP contribution in [0.4, 0.5) is 17.6 Å². The summed E-state index contributed by atoms with van der Waals surface area (Å²) in [6, 6.07) is 3.24.